The van der Waals surface area contributed by atoms with E-state index in [9.17, 15) is 4.79 Å². The highest BCUT2D eigenvalue weighted by Gasteiger charge is 2.23. The van der Waals surface area contributed by atoms with E-state index < -0.39 is 12.1 Å². The summed E-state index contributed by atoms with van der Waals surface area (Å²) in [5.74, 6) is -0.991. The molecule has 0 bridgehead atoms. The topological polar surface area (TPSA) is 64.4 Å². The lowest BCUT2D eigenvalue weighted by molar-refractivity contribution is -0.148. The average molecular weight is 198 g/mol. The first-order valence-corrected chi connectivity index (χ1v) is 4.38. The molecule has 0 aliphatic rings. The number of ether oxygens (including phenoxy) is 1. The highest BCUT2D eigenvalue weighted by Crippen LogP contribution is 2.20. The number of methoxy groups -OCH3 is 1. The molecule has 1 unspecified atom stereocenters. The molecule has 5 nitrogen and oxygen atoms in total. The van der Waals surface area contributed by atoms with Crippen LogP contribution in [0.2, 0.25) is 0 Å². The van der Waals surface area contributed by atoms with Crippen molar-refractivity contribution in [2.75, 3.05) is 7.11 Å². The van der Waals surface area contributed by atoms with E-state index in [0.29, 0.717) is 12.0 Å². The van der Waals surface area contributed by atoms with E-state index in [1.807, 2.05) is 6.92 Å². The number of hydrogen-bond acceptors (Lipinski definition) is 3. The van der Waals surface area contributed by atoms with Gasteiger partial charge in [-0.25, -0.2) is 4.79 Å². The first-order valence-electron chi connectivity index (χ1n) is 4.38. The summed E-state index contributed by atoms with van der Waals surface area (Å²) in [5, 5.41) is 13.0. The Kier molecular flexibility index (Phi) is 3.24. The van der Waals surface area contributed by atoms with Crippen LogP contribution in [-0.4, -0.2) is 28.0 Å². The normalized spacial score (nSPS) is 12.8. The van der Waals surface area contributed by atoms with Crippen molar-refractivity contribution in [3.63, 3.8) is 0 Å². The number of carboxylic acids is 1. The van der Waals surface area contributed by atoms with Crippen molar-refractivity contribution >= 4 is 5.97 Å². The molecule has 0 aromatic carbocycles. The zero-order valence-electron chi connectivity index (χ0n) is 8.52. The standard InChI is InChI=1S/C9H14N2O3/c1-4-7-6(5-11(2)10-7)8(14-3)9(12)13/h5,8H,4H2,1-3H3,(H,12,13). The molecule has 0 radical (unpaired) electrons. The van der Waals surface area contributed by atoms with Gasteiger partial charge in [0, 0.05) is 25.9 Å². The van der Waals surface area contributed by atoms with Gasteiger partial charge in [0.15, 0.2) is 6.10 Å². The first-order chi connectivity index (χ1) is 6.60. The van der Waals surface area contributed by atoms with Crippen LogP contribution in [0.25, 0.3) is 0 Å². The molecule has 0 spiro atoms. The van der Waals surface area contributed by atoms with Gasteiger partial charge in [-0.3, -0.25) is 4.68 Å². The van der Waals surface area contributed by atoms with Crippen molar-refractivity contribution in [3.05, 3.63) is 17.5 Å². The Morgan fingerprint density at radius 3 is 2.86 bits per heavy atom. The number of nitrogens with zero attached hydrogens (tertiary/aromatic N) is 2. The van der Waals surface area contributed by atoms with Crippen molar-refractivity contribution < 1.29 is 14.6 Å². The Bertz CT molecular complexity index is 333. The molecule has 1 N–H and O–H groups in total. The molecule has 0 fully saturated rings. The van der Waals surface area contributed by atoms with Gasteiger partial charge in [-0.2, -0.15) is 5.10 Å². The Labute approximate surface area is 82.3 Å². The van der Waals surface area contributed by atoms with Gasteiger partial charge in [0.05, 0.1) is 5.69 Å². The fourth-order valence-corrected chi connectivity index (χ4v) is 1.41. The zero-order valence-corrected chi connectivity index (χ0v) is 8.52. The highest BCUT2D eigenvalue weighted by atomic mass is 16.5. The van der Waals surface area contributed by atoms with Crippen LogP contribution >= 0.6 is 0 Å². The minimum absolute atomic E-state index is 0.630. The van der Waals surface area contributed by atoms with E-state index in [-0.39, 0.29) is 0 Å². The smallest absolute Gasteiger partial charge is 0.337 e. The van der Waals surface area contributed by atoms with Crippen molar-refractivity contribution in [2.24, 2.45) is 7.05 Å². The maximum atomic E-state index is 10.8. The third-order valence-electron chi connectivity index (χ3n) is 2.01. The lowest BCUT2D eigenvalue weighted by Gasteiger charge is -2.09. The Balaban J connectivity index is 3.08. The summed E-state index contributed by atoms with van der Waals surface area (Å²) in [6, 6.07) is 0. The Morgan fingerprint density at radius 2 is 2.43 bits per heavy atom. The fraction of sp³-hybridized carbons (Fsp3) is 0.556. The molecular formula is C9H14N2O3. The Morgan fingerprint density at radius 1 is 1.79 bits per heavy atom. The molecule has 1 aromatic rings. The number of carbonyl (C=O) groups is 1. The molecule has 0 saturated heterocycles. The summed E-state index contributed by atoms with van der Waals surface area (Å²) >= 11 is 0. The van der Waals surface area contributed by atoms with Crippen molar-refractivity contribution in [1.29, 1.82) is 0 Å². The van der Waals surface area contributed by atoms with Gasteiger partial charge >= 0.3 is 5.97 Å². The van der Waals surface area contributed by atoms with Gasteiger partial charge in [-0.1, -0.05) is 6.92 Å². The van der Waals surface area contributed by atoms with Gasteiger partial charge in [0.25, 0.3) is 0 Å². The number of rotatable bonds is 4. The van der Waals surface area contributed by atoms with Crippen LogP contribution in [-0.2, 0) is 23.0 Å². The second-order valence-corrected chi connectivity index (χ2v) is 3.01. The average Bonchev–Trinajstić information content (AvgIpc) is 2.47. The number of hydrogen-bond donors (Lipinski definition) is 1. The molecule has 1 atom stereocenters. The van der Waals surface area contributed by atoms with Gasteiger partial charge in [0.2, 0.25) is 0 Å². The van der Waals surface area contributed by atoms with Crippen LogP contribution in [0.1, 0.15) is 24.3 Å². The maximum absolute atomic E-state index is 10.8. The minimum atomic E-state index is -0.991. The van der Waals surface area contributed by atoms with E-state index in [0.717, 1.165) is 5.69 Å². The summed E-state index contributed by atoms with van der Waals surface area (Å²) in [7, 11) is 3.14. The molecule has 78 valence electrons. The highest BCUT2D eigenvalue weighted by molar-refractivity contribution is 5.74. The van der Waals surface area contributed by atoms with E-state index in [4.69, 9.17) is 9.84 Å². The summed E-state index contributed by atoms with van der Waals surface area (Å²) in [6.07, 6.45) is 1.46. The van der Waals surface area contributed by atoms with Crippen LogP contribution in [0, 0.1) is 0 Å². The maximum Gasteiger partial charge on any atom is 0.337 e. The molecule has 1 heterocycles. The second kappa shape index (κ2) is 4.23. The molecule has 0 amide bonds. The van der Waals surface area contributed by atoms with Crippen LogP contribution in [0.5, 0.6) is 0 Å². The van der Waals surface area contributed by atoms with E-state index >= 15 is 0 Å². The third kappa shape index (κ3) is 1.93. The van der Waals surface area contributed by atoms with Crippen molar-refractivity contribution in [1.82, 2.24) is 9.78 Å². The third-order valence-corrected chi connectivity index (χ3v) is 2.01. The molecule has 5 heteroatoms. The van der Waals surface area contributed by atoms with Gasteiger partial charge in [0.1, 0.15) is 0 Å². The number of aryl methyl sites for hydroxylation is 2. The molecule has 1 aromatic heterocycles. The van der Waals surface area contributed by atoms with Gasteiger partial charge in [-0.15, -0.1) is 0 Å². The number of aromatic nitrogens is 2. The molecule has 0 saturated carbocycles. The van der Waals surface area contributed by atoms with Crippen LogP contribution in [0.15, 0.2) is 6.20 Å². The minimum Gasteiger partial charge on any atom is -0.479 e. The predicted molar refractivity (Wildman–Crippen MR) is 50.0 cm³/mol. The lowest BCUT2D eigenvalue weighted by Crippen LogP contribution is -2.14. The first kappa shape index (κ1) is 10.7. The van der Waals surface area contributed by atoms with Gasteiger partial charge in [-0.05, 0) is 6.42 Å². The largest absolute Gasteiger partial charge is 0.479 e. The molecule has 0 aliphatic heterocycles. The van der Waals surface area contributed by atoms with Crippen molar-refractivity contribution in [2.45, 2.75) is 19.4 Å². The number of aliphatic carboxylic acids is 1. The van der Waals surface area contributed by atoms with Crippen LogP contribution < -0.4 is 0 Å². The molecular weight excluding hydrogens is 184 g/mol. The quantitative estimate of drug-likeness (QED) is 0.775. The van der Waals surface area contributed by atoms with Crippen LogP contribution in [0.4, 0.5) is 0 Å². The van der Waals surface area contributed by atoms with E-state index in [2.05, 4.69) is 5.10 Å². The summed E-state index contributed by atoms with van der Waals surface area (Å²) in [5.41, 5.74) is 1.40. The summed E-state index contributed by atoms with van der Waals surface area (Å²) < 4.78 is 6.50. The molecule has 14 heavy (non-hydrogen) atoms. The SMILES string of the molecule is CCc1nn(C)cc1C(OC)C(=O)O. The van der Waals surface area contributed by atoms with Crippen molar-refractivity contribution in [3.8, 4) is 0 Å². The lowest BCUT2D eigenvalue weighted by atomic mass is 10.1. The van der Waals surface area contributed by atoms with Crippen LogP contribution in [0.3, 0.4) is 0 Å². The van der Waals surface area contributed by atoms with Gasteiger partial charge < -0.3 is 9.84 Å². The monoisotopic (exact) mass is 198 g/mol. The molecule has 1 rings (SSSR count). The summed E-state index contributed by atoms with van der Waals surface area (Å²) in [4.78, 5) is 10.8. The second-order valence-electron chi connectivity index (χ2n) is 3.01. The predicted octanol–water partition coefficient (Wildman–Crippen LogP) is 0.755. The van der Waals surface area contributed by atoms with E-state index in [1.54, 1.807) is 17.9 Å². The van der Waals surface area contributed by atoms with E-state index in [1.165, 1.54) is 7.11 Å². The fourth-order valence-electron chi connectivity index (χ4n) is 1.41. The summed E-state index contributed by atoms with van der Waals surface area (Å²) in [6.45, 7) is 1.93. The number of carboxylic acid groups (broad SMARTS) is 1. The Hall–Kier alpha value is -1.36. The molecule has 0 aliphatic carbocycles. The zero-order chi connectivity index (χ0) is 10.7.